The predicted molar refractivity (Wildman–Crippen MR) is 112 cm³/mol. The molecule has 6 nitrogen and oxygen atoms in total. The Hall–Kier alpha value is -2.32. The fourth-order valence-electron chi connectivity index (χ4n) is 3.30. The van der Waals surface area contributed by atoms with Crippen LogP contribution >= 0.6 is 23.1 Å². The first kappa shape index (κ1) is 18.1. The molecule has 0 spiro atoms. The van der Waals surface area contributed by atoms with Gasteiger partial charge in [0.15, 0.2) is 5.17 Å². The molecule has 8 heteroatoms. The van der Waals surface area contributed by atoms with Gasteiger partial charge >= 0.3 is 0 Å². The molecule has 0 saturated heterocycles. The van der Waals surface area contributed by atoms with Crippen molar-refractivity contribution in [3.8, 4) is 5.75 Å². The highest BCUT2D eigenvalue weighted by molar-refractivity contribution is 8.13. The summed E-state index contributed by atoms with van der Waals surface area (Å²) in [4.78, 5) is 26.6. The van der Waals surface area contributed by atoms with Crippen LogP contribution in [-0.2, 0) is 25.1 Å². The van der Waals surface area contributed by atoms with Gasteiger partial charge in [-0.15, -0.1) is 11.3 Å². The van der Waals surface area contributed by atoms with Crippen molar-refractivity contribution in [1.82, 2.24) is 9.97 Å². The maximum Gasteiger partial charge on any atom is 0.259 e. The van der Waals surface area contributed by atoms with Crippen LogP contribution in [0.2, 0.25) is 0 Å². The minimum Gasteiger partial charge on any atom is -0.496 e. The van der Waals surface area contributed by atoms with Crippen LogP contribution in [0.4, 0.5) is 0 Å². The van der Waals surface area contributed by atoms with Crippen molar-refractivity contribution in [2.24, 2.45) is 10.7 Å². The van der Waals surface area contributed by atoms with E-state index in [1.54, 1.807) is 18.4 Å². The quantitative estimate of drug-likeness (QED) is 0.507. The third-order valence-electron chi connectivity index (χ3n) is 4.58. The first-order valence-electron chi connectivity index (χ1n) is 8.73. The van der Waals surface area contributed by atoms with E-state index in [0.717, 1.165) is 40.8 Å². The number of hydrogen-bond donors (Lipinski definition) is 2. The second kappa shape index (κ2) is 7.74. The number of aromatic nitrogens is 2. The number of thiophene rings is 1. The van der Waals surface area contributed by atoms with Crippen molar-refractivity contribution >= 4 is 38.5 Å². The monoisotopic (exact) mass is 400 g/mol. The molecule has 0 bridgehead atoms. The van der Waals surface area contributed by atoms with Crippen molar-refractivity contribution in [2.75, 3.05) is 7.11 Å². The molecule has 140 valence electrons. The zero-order valence-electron chi connectivity index (χ0n) is 14.9. The van der Waals surface area contributed by atoms with Gasteiger partial charge in [0.1, 0.15) is 16.4 Å². The Kier molecular flexibility index (Phi) is 5.18. The summed E-state index contributed by atoms with van der Waals surface area (Å²) in [5, 5.41) is 1.23. The van der Waals surface area contributed by atoms with Gasteiger partial charge in [0.2, 0.25) is 0 Å². The summed E-state index contributed by atoms with van der Waals surface area (Å²) in [6.07, 6.45) is 3.17. The normalized spacial score (nSPS) is 13.9. The van der Waals surface area contributed by atoms with Crippen molar-refractivity contribution in [2.45, 2.75) is 31.6 Å². The van der Waals surface area contributed by atoms with E-state index < -0.39 is 0 Å². The number of amidine groups is 1. The molecule has 0 atom stereocenters. The smallest absolute Gasteiger partial charge is 0.259 e. The van der Waals surface area contributed by atoms with Gasteiger partial charge in [-0.2, -0.15) is 0 Å². The molecule has 27 heavy (non-hydrogen) atoms. The number of thioether (sulfide) groups is 1. The first-order valence-corrected chi connectivity index (χ1v) is 10.5. The van der Waals surface area contributed by atoms with E-state index in [-0.39, 0.29) is 5.56 Å². The molecule has 1 aliphatic rings. The summed E-state index contributed by atoms with van der Waals surface area (Å²) >= 11 is 3.01. The number of benzene rings is 1. The molecule has 3 aromatic rings. The lowest BCUT2D eigenvalue weighted by atomic mass is 10.2. The number of rotatable bonds is 5. The molecule has 1 aromatic carbocycles. The molecule has 0 fully saturated rings. The second-order valence-corrected chi connectivity index (χ2v) is 8.38. The van der Waals surface area contributed by atoms with E-state index >= 15 is 0 Å². The lowest BCUT2D eigenvalue weighted by molar-refractivity contribution is 0.410. The van der Waals surface area contributed by atoms with Crippen LogP contribution in [0.1, 0.15) is 28.2 Å². The number of fused-ring (bicyclic) bond motifs is 3. The molecule has 0 amide bonds. The topological polar surface area (TPSA) is 93.4 Å². The summed E-state index contributed by atoms with van der Waals surface area (Å²) < 4.78 is 5.32. The van der Waals surface area contributed by atoms with Gasteiger partial charge in [0, 0.05) is 10.4 Å². The summed E-state index contributed by atoms with van der Waals surface area (Å²) in [5.74, 6) is 1.91. The second-order valence-electron chi connectivity index (χ2n) is 6.31. The van der Waals surface area contributed by atoms with E-state index in [0.29, 0.717) is 23.3 Å². The minimum absolute atomic E-state index is 0.0421. The van der Waals surface area contributed by atoms with Crippen molar-refractivity contribution < 1.29 is 4.74 Å². The summed E-state index contributed by atoms with van der Waals surface area (Å²) in [6, 6.07) is 7.72. The minimum atomic E-state index is -0.0421. The Balaban J connectivity index is 1.46. The summed E-state index contributed by atoms with van der Waals surface area (Å²) in [5.41, 5.74) is 8.16. The van der Waals surface area contributed by atoms with Crippen LogP contribution in [-0.4, -0.2) is 22.2 Å². The number of hydrogen-bond acceptors (Lipinski definition) is 6. The summed E-state index contributed by atoms with van der Waals surface area (Å²) in [6.45, 7) is 0.448. The molecule has 0 radical (unpaired) electrons. The number of aromatic amines is 1. The number of nitrogens with two attached hydrogens (primary N) is 1. The Morgan fingerprint density at radius 3 is 3.11 bits per heavy atom. The molecule has 2 aromatic heterocycles. The standard InChI is InChI=1S/C19H20N4O2S2/c1-25-13-7-3-2-5-11(13)9-21-19(20)26-10-15-22-17(24)16-12-6-4-8-14(12)27-18(16)23-15/h2-3,5,7H,4,6,8-10H2,1H3,(H2,20,21)(H,22,23,24). The number of aryl methyl sites for hydroxylation is 2. The van der Waals surface area contributed by atoms with E-state index in [1.165, 1.54) is 22.2 Å². The number of nitrogens with zero attached hydrogens (tertiary/aromatic N) is 2. The van der Waals surface area contributed by atoms with E-state index in [4.69, 9.17) is 10.5 Å². The van der Waals surface area contributed by atoms with E-state index in [2.05, 4.69) is 15.0 Å². The van der Waals surface area contributed by atoms with Crippen molar-refractivity contribution in [1.29, 1.82) is 0 Å². The highest BCUT2D eigenvalue weighted by Crippen LogP contribution is 2.34. The highest BCUT2D eigenvalue weighted by Gasteiger charge is 2.21. The molecule has 0 saturated carbocycles. The largest absolute Gasteiger partial charge is 0.496 e. The van der Waals surface area contributed by atoms with Crippen molar-refractivity contribution in [3.63, 3.8) is 0 Å². The van der Waals surface area contributed by atoms with Gasteiger partial charge in [-0.25, -0.2) is 4.98 Å². The molecule has 0 aliphatic heterocycles. The van der Waals surface area contributed by atoms with Gasteiger partial charge in [-0.3, -0.25) is 9.79 Å². The van der Waals surface area contributed by atoms with Gasteiger partial charge in [0.05, 0.1) is 24.8 Å². The fraction of sp³-hybridized carbons (Fsp3) is 0.316. The fourth-order valence-corrected chi connectivity index (χ4v) is 5.16. The number of methoxy groups -OCH3 is 1. The van der Waals surface area contributed by atoms with Crippen LogP contribution in [0.5, 0.6) is 5.75 Å². The molecule has 4 rings (SSSR count). The Labute approximate surface area is 164 Å². The Morgan fingerprint density at radius 1 is 1.41 bits per heavy atom. The number of nitrogens with one attached hydrogen (secondary N) is 1. The number of H-pyrrole nitrogens is 1. The predicted octanol–water partition coefficient (Wildman–Crippen LogP) is 3.23. The van der Waals surface area contributed by atoms with Crippen LogP contribution in [0.25, 0.3) is 10.2 Å². The average Bonchev–Trinajstić information content (AvgIpc) is 3.25. The zero-order valence-corrected chi connectivity index (χ0v) is 16.6. The molecule has 1 aliphatic carbocycles. The van der Waals surface area contributed by atoms with Gasteiger partial charge in [0.25, 0.3) is 5.56 Å². The zero-order chi connectivity index (χ0) is 18.8. The van der Waals surface area contributed by atoms with Gasteiger partial charge < -0.3 is 15.5 Å². The third-order valence-corrected chi connectivity index (χ3v) is 6.61. The maximum absolute atomic E-state index is 12.5. The Morgan fingerprint density at radius 2 is 2.26 bits per heavy atom. The molecular formula is C19H20N4O2S2. The van der Waals surface area contributed by atoms with Crippen molar-refractivity contribution in [3.05, 3.63) is 56.4 Å². The molecular weight excluding hydrogens is 380 g/mol. The number of ether oxygens (including phenoxy) is 1. The van der Waals surface area contributed by atoms with E-state index in [9.17, 15) is 4.79 Å². The lowest BCUT2D eigenvalue weighted by Crippen LogP contribution is -2.13. The van der Waals surface area contributed by atoms with Gasteiger partial charge in [-0.1, -0.05) is 30.0 Å². The lowest BCUT2D eigenvalue weighted by Gasteiger charge is -2.06. The molecule has 3 N–H and O–H groups in total. The van der Waals surface area contributed by atoms with Crippen LogP contribution in [0.3, 0.4) is 0 Å². The average molecular weight is 401 g/mol. The van der Waals surface area contributed by atoms with Crippen LogP contribution in [0.15, 0.2) is 34.1 Å². The third kappa shape index (κ3) is 3.72. The first-order chi connectivity index (χ1) is 13.2. The molecule has 0 unspecified atom stereocenters. The SMILES string of the molecule is COc1ccccc1CN=C(N)SCc1nc2sc3c(c2c(=O)[nH]1)CCC3. The summed E-state index contributed by atoms with van der Waals surface area (Å²) in [7, 11) is 1.64. The number of para-hydroxylation sites is 1. The van der Waals surface area contributed by atoms with Crippen LogP contribution < -0.4 is 16.0 Å². The van der Waals surface area contributed by atoms with Crippen LogP contribution in [0, 0.1) is 0 Å². The molecule has 2 heterocycles. The maximum atomic E-state index is 12.5. The van der Waals surface area contributed by atoms with E-state index in [1.807, 2.05) is 24.3 Å². The van der Waals surface area contributed by atoms with Gasteiger partial charge in [-0.05, 0) is 30.9 Å². The Bertz CT molecular complexity index is 1070. The number of aliphatic imine (C=N–C) groups is 1. The highest BCUT2D eigenvalue weighted by atomic mass is 32.2.